The molecule has 27 heavy (non-hydrogen) atoms. The summed E-state index contributed by atoms with van der Waals surface area (Å²) in [7, 11) is 2.03. The molecule has 0 spiro atoms. The molecule has 0 radical (unpaired) electrons. The monoisotopic (exact) mass is 382 g/mol. The number of nitrogens with zero attached hydrogens (tertiary/aromatic N) is 4. The summed E-state index contributed by atoms with van der Waals surface area (Å²) >= 11 is 6.16. The first-order chi connectivity index (χ1) is 13.0. The maximum atomic E-state index is 12.9. The molecule has 0 saturated carbocycles. The van der Waals surface area contributed by atoms with E-state index < -0.39 is 0 Å². The van der Waals surface area contributed by atoms with Gasteiger partial charge in [0.1, 0.15) is 5.82 Å². The molecular weight excluding hydrogens is 360 g/mol. The van der Waals surface area contributed by atoms with E-state index in [0.717, 1.165) is 54.6 Å². The average Bonchev–Trinajstić information content (AvgIpc) is 3.09. The third kappa shape index (κ3) is 3.56. The molecular formula is C21H23ClN4O. The number of carbonyl (C=O) groups is 1. The summed E-state index contributed by atoms with van der Waals surface area (Å²) in [6.07, 6.45) is 8.49. The van der Waals surface area contributed by atoms with Crippen molar-refractivity contribution in [1.82, 2.24) is 19.4 Å². The number of fused-ring (bicyclic) bond motifs is 1. The summed E-state index contributed by atoms with van der Waals surface area (Å²) in [6.45, 7) is 3.52. The first kappa shape index (κ1) is 18.0. The van der Waals surface area contributed by atoms with E-state index >= 15 is 0 Å². The predicted octanol–water partition coefficient (Wildman–Crippen LogP) is 4.03. The zero-order valence-corrected chi connectivity index (χ0v) is 16.4. The number of amides is 1. The highest BCUT2D eigenvalue weighted by Crippen LogP contribution is 2.26. The molecule has 1 fully saturated rings. The molecule has 3 heterocycles. The first-order valence-corrected chi connectivity index (χ1v) is 9.71. The number of hydrogen-bond donors (Lipinski definition) is 0. The third-order valence-electron chi connectivity index (χ3n) is 5.58. The molecule has 0 aliphatic carbocycles. The Morgan fingerprint density at radius 1 is 1.26 bits per heavy atom. The van der Waals surface area contributed by atoms with Crippen LogP contribution in [0.3, 0.4) is 0 Å². The normalized spacial score (nSPS) is 15.4. The molecule has 2 aromatic heterocycles. The minimum Gasteiger partial charge on any atom is -0.339 e. The molecule has 1 aromatic carbocycles. The molecule has 5 nitrogen and oxygen atoms in total. The highest BCUT2D eigenvalue weighted by atomic mass is 35.5. The molecule has 0 atom stereocenters. The second kappa shape index (κ2) is 7.31. The van der Waals surface area contributed by atoms with Crippen molar-refractivity contribution in [3.63, 3.8) is 0 Å². The standard InChI is InChI=1S/C21H23ClN4O/c1-14-18(22)4-3-16-12-17(13-24-20(14)16)21(27)26-8-5-15(6-9-26)11-19-23-7-10-25(19)2/h3-4,7,10,12-13,15H,5-6,8-9,11H2,1-2H3. The zero-order valence-electron chi connectivity index (χ0n) is 15.7. The van der Waals surface area contributed by atoms with E-state index in [0.29, 0.717) is 16.5 Å². The van der Waals surface area contributed by atoms with Crippen molar-refractivity contribution in [2.24, 2.45) is 13.0 Å². The van der Waals surface area contributed by atoms with Gasteiger partial charge in [-0.3, -0.25) is 9.78 Å². The van der Waals surface area contributed by atoms with Gasteiger partial charge < -0.3 is 9.47 Å². The number of imidazole rings is 1. The lowest BCUT2D eigenvalue weighted by Crippen LogP contribution is -2.39. The number of aryl methyl sites for hydroxylation is 2. The summed E-state index contributed by atoms with van der Waals surface area (Å²) in [5.41, 5.74) is 2.45. The number of hydrogen-bond acceptors (Lipinski definition) is 3. The van der Waals surface area contributed by atoms with Crippen molar-refractivity contribution in [2.75, 3.05) is 13.1 Å². The molecule has 1 amide bonds. The van der Waals surface area contributed by atoms with Gasteiger partial charge in [0.2, 0.25) is 0 Å². The van der Waals surface area contributed by atoms with Crippen LogP contribution in [0, 0.1) is 12.8 Å². The number of likely N-dealkylation sites (tertiary alicyclic amines) is 1. The molecule has 4 rings (SSSR count). The molecule has 140 valence electrons. The first-order valence-electron chi connectivity index (χ1n) is 9.33. The van der Waals surface area contributed by atoms with Crippen LogP contribution in [0.2, 0.25) is 5.02 Å². The van der Waals surface area contributed by atoms with Crippen molar-refractivity contribution in [3.8, 4) is 0 Å². The van der Waals surface area contributed by atoms with Gasteiger partial charge in [-0.2, -0.15) is 0 Å². The summed E-state index contributed by atoms with van der Waals surface area (Å²) in [6, 6.07) is 5.71. The predicted molar refractivity (Wildman–Crippen MR) is 107 cm³/mol. The van der Waals surface area contributed by atoms with Gasteiger partial charge in [-0.05, 0) is 43.4 Å². The zero-order chi connectivity index (χ0) is 19.0. The quantitative estimate of drug-likeness (QED) is 0.687. The van der Waals surface area contributed by atoms with E-state index in [1.54, 1.807) is 6.20 Å². The minimum atomic E-state index is 0.0624. The Morgan fingerprint density at radius 3 is 2.74 bits per heavy atom. The fourth-order valence-electron chi connectivity index (χ4n) is 3.81. The lowest BCUT2D eigenvalue weighted by atomic mass is 9.93. The number of carbonyl (C=O) groups excluding carboxylic acids is 1. The SMILES string of the molecule is Cc1c(Cl)ccc2cc(C(=O)N3CCC(Cc4nccn4C)CC3)cnc12. The number of halogens is 1. The number of piperidine rings is 1. The Morgan fingerprint density at radius 2 is 2.04 bits per heavy atom. The number of rotatable bonds is 3. The van der Waals surface area contributed by atoms with Gasteiger partial charge in [-0.25, -0.2) is 4.98 Å². The Hall–Kier alpha value is -2.40. The van der Waals surface area contributed by atoms with Gasteiger partial charge in [0.05, 0.1) is 11.1 Å². The van der Waals surface area contributed by atoms with Crippen LogP contribution < -0.4 is 0 Å². The minimum absolute atomic E-state index is 0.0624. The molecule has 1 aliphatic heterocycles. The van der Waals surface area contributed by atoms with Crippen molar-refractivity contribution in [2.45, 2.75) is 26.2 Å². The van der Waals surface area contributed by atoms with Crippen molar-refractivity contribution in [1.29, 1.82) is 0 Å². The topological polar surface area (TPSA) is 51.0 Å². The van der Waals surface area contributed by atoms with Crippen LogP contribution in [0.5, 0.6) is 0 Å². The van der Waals surface area contributed by atoms with E-state index in [9.17, 15) is 4.79 Å². The lowest BCUT2D eigenvalue weighted by Gasteiger charge is -2.32. The van der Waals surface area contributed by atoms with Crippen molar-refractivity contribution in [3.05, 3.63) is 58.8 Å². The molecule has 6 heteroatoms. The van der Waals surface area contributed by atoms with Gasteiger partial charge >= 0.3 is 0 Å². The van der Waals surface area contributed by atoms with Crippen LogP contribution in [-0.2, 0) is 13.5 Å². The van der Waals surface area contributed by atoms with Crippen LogP contribution in [-0.4, -0.2) is 38.4 Å². The van der Waals surface area contributed by atoms with Crippen LogP contribution in [0.15, 0.2) is 36.8 Å². The Balaban J connectivity index is 1.44. The Labute approximate surface area is 164 Å². The molecule has 0 N–H and O–H groups in total. The highest BCUT2D eigenvalue weighted by molar-refractivity contribution is 6.32. The summed E-state index contributed by atoms with van der Waals surface area (Å²) in [5, 5.41) is 1.65. The van der Waals surface area contributed by atoms with E-state index in [4.69, 9.17) is 11.6 Å². The van der Waals surface area contributed by atoms with E-state index in [2.05, 4.69) is 14.5 Å². The molecule has 1 aliphatic rings. The highest BCUT2D eigenvalue weighted by Gasteiger charge is 2.25. The second-order valence-electron chi connectivity index (χ2n) is 7.36. The summed E-state index contributed by atoms with van der Waals surface area (Å²) in [4.78, 5) is 23.8. The molecule has 1 saturated heterocycles. The smallest absolute Gasteiger partial charge is 0.255 e. The third-order valence-corrected chi connectivity index (χ3v) is 5.99. The Kier molecular flexibility index (Phi) is 4.87. The Bertz CT molecular complexity index is 989. The summed E-state index contributed by atoms with van der Waals surface area (Å²) < 4.78 is 2.08. The fraction of sp³-hybridized carbons (Fsp3) is 0.381. The summed E-state index contributed by atoms with van der Waals surface area (Å²) in [5.74, 6) is 1.76. The largest absolute Gasteiger partial charge is 0.339 e. The van der Waals surface area contributed by atoms with Crippen molar-refractivity contribution < 1.29 is 4.79 Å². The van der Waals surface area contributed by atoms with Gasteiger partial charge in [-0.1, -0.05) is 17.7 Å². The van der Waals surface area contributed by atoms with E-state index in [1.807, 2.05) is 49.5 Å². The van der Waals surface area contributed by atoms with E-state index in [1.165, 1.54) is 0 Å². The van der Waals surface area contributed by atoms with Gasteiger partial charge in [0, 0.05) is 55.6 Å². The number of aromatic nitrogens is 3. The molecule has 0 unspecified atom stereocenters. The maximum absolute atomic E-state index is 12.9. The van der Waals surface area contributed by atoms with Crippen LogP contribution in [0.1, 0.15) is 34.6 Å². The average molecular weight is 383 g/mol. The number of pyridine rings is 1. The molecule has 3 aromatic rings. The van der Waals surface area contributed by atoms with Gasteiger partial charge in [-0.15, -0.1) is 0 Å². The van der Waals surface area contributed by atoms with E-state index in [-0.39, 0.29) is 5.91 Å². The van der Waals surface area contributed by atoms with Gasteiger partial charge in [0.25, 0.3) is 5.91 Å². The fourth-order valence-corrected chi connectivity index (χ4v) is 3.97. The van der Waals surface area contributed by atoms with Crippen LogP contribution in [0.4, 0.5) is 0 Å². The van der Waals surface area contributed by atoms with Gasteiger partial charge in [0.15, 0.2) is 0 Å². The maximum Gasteiger partial charge on any atom is 0.255 e. The molecule has 0 bridgehead atoms. The van der Waals surface area contributed by atoms with Crippen LogP contribution >= 0.6 is 11.6 Å². The van der Waals surface area contributed by atoms with Crippen LogP contribution in [0.25, 0.3) is 10.9 Å². The lowest BCUT2D eigenvalue weighted by molar-refractivity contribution is 0.0689. The second-order valence-corrected chi connectivity index (χ2v) is 7.77. The van der Waals surface area contributed by atoms with Crippen molar-refractivity contribution >= 4 is 28.4 Å². The number of benzene rings is 1.